The van der Waals surface area contributed by atoms with E-state index in [1.807, 2.05) is 0 Å². The molecule has 0 spiro atoms. The van der Waals surface area contributed by atoms with Crippen LogP contribution in [-0.2, 0) is 19.4 Å². The average molecular weight is 234 g/mol. The van der Waals surface area contributed by atoms with E-state index < -0.39 is 21.1 Å². The minimum atomic E-state index is -3.34. The van der Waals surface area contributed by atoms with E-state index in [1.165, 1.54) is 0 Å². The first-order chi connectivity index (χ1) is 6.96. The molecule has 0 aromatic rings. The molecule has 1 rings (SSSR count). The number of carbonyl (C=O) groups is 1. The van der Waals surface area contributed by atoms with Crippen molar-refractivity contribution in [1.82, 2.24) is 0 Å². The second-order valence-electron chi connectivity index (χ2n) is 4.05. The van der Waals surface area contributed by atoms with Gasteiger partial charge in [-0.3, -0.25) is 4.79 Å². The lowest BCUT2D eigenvalue weighted by Crippen LogP contribution is -2.37. The van der Waals surface area contributed by atoms with E-state index in [9.17, 15) is 13.2 Å². The maximum Gasteiger partial charge on any atom is 0.324 e. The summed E-state index contributed by atoms with van der Waals surface area (Å²) in [6.07, 6.45) is 4.77. The maximum atomic E-state index is 11.6. The maximum absolute atomic E-state index is 11.6. The fourth-order valence-corrected chi connectivity index (χ4v) is 3.59. The van der Waals surface area contributed by atoms with Crippen LogP contribution in [0.5, 0.6) is 0 Å². The van der Waals surface area contributed by atoms with E-state index in [0.717, 1.165) is 31.9 Å². The topological polar surface area (TPSA) is 60.4 Å². The molecule has 1 fully saturated rings. The first-order valence-electron chi connectivity index (χ1n) is 5.32. The Hall–Kier alpha value is -0.580. The molecule has 0 heterocycles. The zero-order valence-electron chi connectivity index (χ0n) is 9.23. The van der Waals surface area contributed by atoms with E-state index in [4.69, 9.17) is 4.74 Å². The fourth-order valence-electron chi connectivity index (χ4n) is 2.20. The molecule has 15 heavy (non-hydrogen) atoms. The number of esters is 1. The summed E-state index contributed by atoms with van der Waals surface area (Å²) < 4.78 is 27.9. The van der Waals surface area contributed by atoms with Crippen LogP contribution in [0.25, 0.3) is 0 Å². The summed E-state index contributed by atoms with van der Waals surface area (Å²) >= 11 is 0. The molecule has 0 saturated heterocycles. The third-order valence-corrected chi connectivity index (χ3v) is 4.31. The molecule has 0 amide bonds. The molecule has 1 saturated carbocycles. The lowest BCUT2D eigenvalue weighted by atomic mass is 10.0. The van der Waals surface area contributed by atoms with E-state index in [1.54, 1.807) is 6.92 Å². The molecule has 88 valence electrons. The van der Waals surface area contributed by atoms with Crippen LogP contribution in [0.4, 0.5) is 0 Å². The standard InChI is InChI=1S/C10H18O4S/c1-3-14-10(11)9(15(2,12)13)8-6-4-5-7-8/h8-9H,3-7H2,1-2H3/t9-/m0/s1. The monoisotopic (exact) mass is 234 g/mol. The van der Waals surface area contributed by atoms with Crippen LogP contribution in [0.2, 0.25) is 0 Å². The van der Waals surface area contributed by atoms with Crippen molar-refractivity contribution in [2.45, 2.75) is 37.9 Å². The highest BCUT2D eigenvalue weighted by molar-refractivity contribution is 7.92. The number of rotatable bonds is 4. The van der Waals surface area contributed by atoms with Gasteiger partial charge in [0.2, 0.25) is 0 Å². The number of hydrogen-bond acceptors (Lipinski definition) is 4. The second kappa shape index (κ2) is 4.96. The van der Waals surface area contributed by atoms with Gasteiger partial charge in [-0.25, -0.2) is 8.42 Å². The van der Waals surface area contributed by atoms with Crippen molar-refractivity contribution in [3.63, 3.8) is 0 Å². The highest BCUT2D eigenvalue weighted by Crippen LogP contribution is 2.31. The van der Waals surface area contributed by atoms with Crippen LogP contribution < -0.4 is 0 Å². The lowest BCUT2D eigenvalue weighted by Gasteiger charge is -2.19. The molecule has 1 atom stereocenters. The quantitative estimate of drug-likeness (QED) is 0.685. The summed E-state index contributed by atoms with van der Waals surface area (Å²) in [7, 11) is -3.34. The third kappa shape index (κ3) is 3.19. The molecule has 1 aliphatic carbocycles. The molecular weight excluding hydrogens is 216 g/mol. The van der Waals surface area contributed by atoms with Crippen LogP contribution in [-0.4, -0.2) is 32.5 Å². The van der Waals surface area contributed by atoms with Gasteiger partial charge in [0.15, 0.2) is 15.1 Å². The third-order valence-electron chi connectivity index (χ3n) is 2.81. The van der Waals surface area contributed by atoms with Gasteiger partial charge in [0.1, 0.15) is 0 Å². The molecule has 5 heteroatoms. The predicted molar refractivity (Wildman–Crippen MR) is 57.2 cm³/mol. The van der Waals surface area contributed by atoms with Crippen molar-refractivity contribution in [2.75, 3.05) is 12.9 Å². The number of sulfone groups is 1. The first kappa shape index (κ1) is 12.5. The summed E-state index contributed by atoms with van der Waals surface area (Å²) in [5.41, 5.74) is 0. The van der Waals surface area contributed by atoms with Crippen LogP contribution in [0.1, 0.15) is 32.6 Å². The van der Waals surface area contributed by atoms with Gasteiger partial charge in [-0.15, -0.1) is 0 Å². The molecule has 0 aromatic heterocycles. The van der Waals surface area contributed by atoms with E-state index in [0.29, 0.717) is 0 Å². The van der Waals surface area contributed by atoms with E-state index in [-0.39, 0.29) is 12.5 Å². The zero-order valence-corrected chi connectivity index (χ0v) is 10.0. The molecule has 0 aliphatic heterocycles. The number of ether oxygens (including phenoxy) is 1. The predicted octanol–water partition coefficient (Wildman–Crippen LogP) is 1.15. The SMILES string of the molecule is CCOC(=O)[C@H](C1CCCC1)S(C)(=O)=O. The number of hydrogen-bond donors (Lipinski definition) is 0. The Balaban J connectivity index is 2.82. The minimum Gasteiger partial charge on any atom is -0.465 e. The second-order valence-corrected chi connectivity index (χ2v) is 6.21. The average Bonchev–Trinajstić information content (AvgIpc) is 2.55. The highest BCUT2D eigenvalue weighted by atomic mass is 32.2. The van der Waals surface area contributed by atoms with Gasteiger partial charge in [-0.05, 0) is 25.7 Å². The van der Waals surface area contributed by atoms with Crippen molar-refractivity contribution in [3.8, 4) is 0 Å². The Labute approximate surface area is 90.9 Å². The van der Waals surface area contributed by atoms with Crippen molar-refractivity contribution < 1.29 is 17.9 Å². The molecule has 0 radical (unpaired) electrons. The summed E-state index contributed by atoms with van der Waals surface area (Å²) in [6, 6.07) is 0. The fraction of sp³-hybridized carbons (Fsp3) is 0.900. The molecule has 0 N–H and O–H groups in total. The lowest BCUT2D eigenvalue weighted by molar-refractivity contribution is -0.143. The Morgan fingerprint density at radius 1 is 1.40 bits per heavy atom. The summed E-state index contributed by atoms with van der Waals surface area (Å²) in [4.78, 5) is 11.6. The van der Waals surface area contributed by atoms with Gasteiger partial charge in [0.25, 0.3) is 0 Å². The summed E-state index contributed by atoms with van der Waals surface area (Å²) in [5, 5.41) is -0.944. The van der Waals surface area contributed by atoms with Crippen molar-refractivity contribution >= 4 is 15.8 Å². The van der Waals surface area contributed by atoms with Crippen LogP contribution in [0.15, 0.2) is 0 Å². The van der Waals surface area contributed by atoms with Crippen LogP contribution in [0, 0.1) is 5.92 Å². The van der Waals surface area contributed by atoms with Gasteiger partial charge in [0.05, 0.1) is 6.61 Å². The van der Waals surface area contributed by atoms with Crippen molar-refractivity contribution in [2.24, 2.45) is 5.92 Å². The summed E-state index contributed by atoms with van der Waals surface area (Å²) in [6.45, 7) is 1.92. The normalized spacial score (nSPS) is 20.1. The zero-order chi connectivity index (χ0) is 11.5. The molecule has 0 aromatic carbocycles. The van der Waals surface area contributed by atoms with Gasteiger partial charge in [-0.2, -0.15) is 0 Å². The largest absolute Gasteiger partial charge is 0.465 e. The Kier molecular flexibility index (Phi) is 4.13. The molecule has 0 unspecified atom stereocenters. The van der Waals surface area contributed by atoms with Gasteiger partial charge < -0.3 is 4.74 Å². The van der Waals surface area contributed by atoms with E-state index >= 15 is 0 Å². The molecule has 1 aliphatic rings. The minimum absolute atomic E-state index is 0.0425. The Bertz CT molecular complexity index is 314. The number of carbonyl (C=O) groups excluding carboxylic acids is 1. The Morgan fingerprint density at radius 3 is 2.33 bits per heavy atom. The van der Waals surface area contributed by atoms with Crippen molar-refractivity contribution in [1.29, 1.82) is 0 Å². The highest BCUT2D eigenvalue weighted by Gasteiger charge is 2.39. The molecule has 0 bridgehead atoms. The van der Waals surface area contributed by atoms with E-state index in [2.05, 4.69) is 0 Å². The molecule has 4 nitrogen and oxygen atoms in total. The van der Waals surface area contributed by atoms with Crippen molar-refractivity contribution in [3.05, 3.63) is 0 Å². The van der Waals surface area contributed by atoms with Gasteiger partial charge in [0, 0.05) is 6.26 Å². The molecular formula is C10H18O4S. The van der Waals surface area contributed by atoms with Gasteiger partial charge >= 0.3 is 5.97 Å². The van der Waals surface area contributed by atoms with Crippen LogP contribution in [0.3, 0.4) is 0 Å². The van der Waals surface area contributed by atoms with Crippen LogP contribution >= 0.6 is 0 Å². The smallest absolute Gasteiger partial charge is 0.324 e. The summed E-state index contributed by atoms with van der Waals surface area (Å²) in [5.74, 6) is -0.619. The van der Waals surface area contributed by atoms with Gasteiger partial charge in [-0.1, -0.05) is 12.8 Å². The first-order valence-corrected chi connectivity index (χ1v) is 7.27. The Morgan fingerprint density at radius 2 is 1.93 bits per heavy atom.